The lowest BCUT2D eigenvalue weighted by Gasteiger charge is -2.19. The number of esters is 1. The van der Waals surface area contributed by atoms with E-state index in [9.17, 15) is 9.59 Å². The monoisotopic (exact) mass is 380 g/mol. The van der Waals surface area contributed by atoms with Gasteiger partial charge in [0.05, 0.1) is 24.1 Å². The smallest absolute Gasteiger partial charge is 0.420 e. The number of hydrogen-bond acceptors (Lipinski definition) is 5. The fourth-order valence-corrected chi connectivity index (χ4v) is 2.84. The number of benzene rings is 2. The summed E-state index contributed by atoms with van der Waals surface area (Å²) in [6.45, 7) is 7.66. The fourth-order valence-electron chi connectivity index (χ4n) is 2.84. The van der Waals surface area contributed by atoms with Gasteiger partial charge in [0.15, 0.2) is 0 Å². The molecule has 0 fully saturated rings. The molecule has 6 heteroatoms. The summed E-state index contributed by atoms with van der Waals surface area (Å²) < 4.78 is 11.8. The second-order valence-corrected chi connectivity index (χ2v) is 7.48. The van der Waals surface area contributed by atoms with E-state index < -0.39 is 11.7 Å². The SMILES string of the molecule is CCOC(=O)Cc1ccc(-c2ccc3c(c2)ncn3C(=O)OC(C)(C)C)cc1. The van der Waals surface area contributed by atoms with Gasteiger partial charge in [-0.3, -0.25) is 4.79 Å². The summed E-state index contributed by atoms with van der Waals surface area (Å²) in [5, 5.41) is 0. The second-order valence-electron chi connectivity index (χ2n) is 7.48. The van der Waals surface area contributed by atoms with Crippen LogP contribution in [0.5, 0.6) is 0 Å². The lowest BCUT2D eigenvalue weighted by Crippen LogP contribution is -2.26. The molecule has 0 radical (unpaired) electrons. The molecule has 0 atom stereocenters. The third-order valence-electron chi connectivity index (χ3n) is 4.08. The first kappa shape index (κ1) is 19.6. The highest BCUT2D eigenvalue weighted by molar-refractivity contribution is 5.89. The molecule has 0 bridgehead atoms. The molecular formula is C22H24N2O4. The Morgan fingerprint density at radius 2 is 1.71 bits per heavy atom. The molecule has 0 unspecified atom stereocenters. The van der Waals surface area contributed by atoms with E-state index in [2.05, 4.69) is 4.98 Å². The topological polar surface area (TPSA) is 70.4 Å². The number of rotatable bonds is 4. The molecule has 0 saturated carbocycles. The van der Waals surface area contributed by atoms with Crippen LogP contribution in [0.2, 0.25) is 0 Å². The maximum atomic E-state index is 12.3. The lowest BCUT2D eigenvalue weighted by atomic mass is 10.0. The van der Waals surface area contributed by atoms with Gasteiger partial charge in [-0.2, -0.15) is 0 Å². The minimum absolute atomic E-state index is 0.232. The van der Waals surface area contributed by atoms with E-state index in [0.717, 1.165) is 16.7 Å². The summed E-state index contributed by atoms with van der Waals surface area (Å²) in [6, 6.07) is 13.5. The van der Waals surface area contributed by atoms with E-state index in [1.54, 1.807) is 6.92 Å². The summed E-state index contributed by atoms with van der Waals surface area (Å²) in [4.78, 5) is 28.2. The molecule has 2 aromatic carbocycles. The van der Waals surface area contributed by atoms with Crippen LogP contribution in [0.1, 0.15) is 33.3 Å². The first-order chi connectivity index (χ1) is 13.3. The van der Waals surface area contributed by atoms with Crippen molar-refractivity contribution in [1.82, 2.24) is 9.55 Å². The van der Waals surface area contributed by atoms with Gasteiger partial charge in [0.2, 0.25) is 0 Å². The number of aromatic nitrogens is 2. The summed E-state index contributed by atoms with van der Waals surface area (Å²) in [6.07, 6.45) is 1.28. The van der Waals surface area contributed by atoms with Gasteiger partial charge in [0.25, 0.3) is 0 Å². The molecule has 3 aromatic rings. The van der Waals surface area contributed by atoms with Gasteiger partial charge in [0.1, 0.15) is 11.9 Å². The van der Waals surface area contributed by atoms with E-state index in [0.29, 0.717) is 17.6 Å². The predicted octanol–water partition coefficient (Wildman–Crippen LogP) is 4.59. The normalized spacial score (nSPS) is 11.4. The van der Waals surface area contributed by atoms with Gasteiger partial charge in [-0.15, -0.1) is 0 Å². The Morgan fingerprint density at radius 3 is 2.36 bits per heavy atom. The van der Waals surface area contributed by atoms with Crippen molar-refractivity contribution in [1.29, 1.82) is 0 Å². The van der Waals surface area contributed by atoms with Crippen LogP contribution in [0.15, 0.2) is 48.8 Å². The third kappa shape index (κ3) is 4.57. The molecule has 1 heterocycles. The molecule has 0 saturated heterocycles. The van der Waals surface area contributed by atoms with E-state index in [1.807, 2.05) is 63.2 Å². The molecule has 0 spiro atoms. The Hall–Kier alpha value is -3.15. The quantitative estimate of drug-likeness (QED) is 0.619. The van der Waals surface area contributed by atoms with Crippen LogP contribution in [0, 0.1) is 0 Å². The van der Waals surface area contributed by atoms with Crippen molar-refractivity contribution in [3.63, 3.8) is 0 Å². The zero-order valence-electron chi connectivity index (χ0n) is 16.6. The first-order valence-corrected chi connectivity index (χ1v) is 9.22. The Kier molecular flexibility index (Phi) is 5.49. The van der Waals surface area contributed by atoms with Gasteiger partial charge in [0, 0.05) is 0 Å². The number of hydrogen-bond donors (Lipinski definition) is 0. The molecule has 0 N–H and O–H groups in total. The van der Waals surface area contributed by atoms with Crippen molar-refractivity contribution >= 4 is 23.1 Å². The van der Waals surface area contributed by atoms with Crippen molar-refractivity contribution in [3.05, 3.63) is 54.4 Å². The zero-order valence-corrected chi connectivity index (χ0v) is 16.6. The Balaban J connectivity index is 1.81. The van der Waals surface area contributed by atoms with Crippen molar-refractivity contribution in [2.45, 2.75) is 39.7 Å². The minimum atomic E-state index is -0.571. The average molecular weight is 380 g/mol. The average Bonchev–Trinajstić information content (AvgIpc) is 3.04. The minimum Gasteiger partial charge on any atom is -0.466 e. The molecule has 0 amide bonds. The van der Waals surface area contributed by atoms with Crippen LogP contribution in [-0.2, 0) is 20.7 Å². The van der Waals surface area contributed by atoms with Crippen LogP contribution >= 0.6 is 0 Å². The summed E-state index contributed by atoms with van der Waals surface area (Å²) in [5.74, 6) is -0.232. The summed E-state index contributed by atoms with van der Waals surface area (Å²) in [5.41, 5.74) is 3.71. The highest BCUT2D eigenvalue weighted by atomic mass is 16.6. The molecule has 146 valence electrons. The zero-order chi connectivity index (χ0) is 20.3. The van der Waals surface area contributed by atoms with Crippen molar-refractivity contribution < 1.29 is 19.1 Å². The van der Waals surface area contributed by atoms with Gasteiger partial charge < -0.3 is 9.47 Å². The maximum Gasteiger partial charge on any atom is 0.420 e. The Morgan fingerprint density at radius 1 is 1.04 bits per heavy atom. The Labute approximate surface area is 164 Å². The molecule has 0 aliphatic rings. The van der Waals surface area contributed by atoms with Gasteiger partial charge in [-0.05, 0) is 56.5 Å². The Bertz CT molecular complexity index is 998. The van der Waals surface area contributed by atoms with Crippen molar-refractivity contribution in [2.75, 3.05) is 6.61 Å². The molecular weight excluding hydrogens is 356 g/mol. The van der Waals surface area contributed by atoms with E-state index >= 15 is 0 Å². The number of ether oxygens (including phenoxy) is 2. The van der Waals surface area contributed by atoms with Crippen LogP contribution in [0.4, 0.5) is 4.79 Å². The molecule has 6 nitrogen and oxygen atoms in total. The second kappa shape index (κ2) is 7.84. The van der Waals surface area contributed by atoms with Crippen molar-refractivity contribution in [3.8, 4) is 11.1 Å². The highest BCUT2D eigenvalue weighted by Crippen LogP contribution is 2.25. The third-order valence-corrected chi connectivity index (χ3v) is 4.08. The fraction of sp³-hybridized carbons (Fsp3) is 0.318. The number of nitrogens with zero attached hydrogens (tertiary/aromatic N) is 2. The molecule has 0 aliphatic heterocycles. The maximum absolute atomic E-state index is 12.3. The van der Waals surface area contributed by atoms with Crippen LogP contribution < -0.4 is 0 Å². The predicted molar refractivity (Wildman–Crippen MR) is 107 cm³/mol. The molecule has 3 rings (SSSR count). The standard InChI is InChI=1S/C22H24N2O4/c1-5-27-20(25)12-15-6-8-16(9-7-15)17-10-11-19-18(13-17)23-14-24(19)21(26)28-22(2,3)4/h6-11,13-14H,5,12H2,1-4H3. The van der Waals surface area contributed by atoms with Crippen LogP contribution in [0.25, 0.3) is 22.2 Å². The summed E-state index contributed by atoms with van der Waals surface area (Å²) >= 11 is 0. The lowest BCUT2D eigenvalue weighted by molar-refractivity contribution is -0.142. The molecule has 0 aliphatic carbocycles. The highest BCUT2D eigenvalue weighted by Gasteiger charge is 2.19. The summed E-state index contributed by atoms with van der Waals surface area (Å²) in [7, 11) is 0. The van der Waals surface area contributed by atoms with Crippen LogP contribution in [0.3, 0.4) is 0 Å². The molecule has 28 heavy (non-hydrogen) atoms. The number of imidazole rings is 1. The van der Waals surface area contributed by atoms with Gasteiger partial charge in [-0.25, -0.2) is 14.3 Å². The van der Waals surface area contributed by atoms with Crippen LogP contribution in [-0.4, -0.2) is 33.8 Å². The number of carbonyl (C=O) groups is 2. The molecule has 1 aromatic heterocycles. The number of carbonyl (C=O) groups excluding carboxylic acids is 2. The largest absolute Gasteiger partial charge is 0.466 e. The van der Waals surface area contributed by atoms with E-state index in [1.165, 1.54) is 10.9 Å². The van der Waals surface area contributed by atoms with Gasteiger partial charge in [-0.1, -0.05) is 30.3 Å². The van der Waals surface area contributed by atoms with E-state index in [4.69, 9.17) is 9.47 Å². The first-order valence-electron chi connectivity index (χ1n) is 9.22. The van der Waals surface area contributed by atoms with Crippen molar-refractivity contribution in [2.24, 2.45) is 0 Å². The number of fused-ring (bicyclic) bond motifs is 1. The van der Waals surface area contributed by atoms with E-state index in [-0.39, 0.29) is 12.4 Å². The van der Waals surface area contributed by atoms with Gasteiger partial charge >= 0.3 is 12.1 Å².